The summed E-state index contributed by atoms with van der Waals surface area (Å²) in [5.41, 5.74) is 3.64. The molecule has 0 fully saturated rings. The van der Waals surface area contributed by atoms with Crippen LogP contribution in [0, 0.1) is 13.8 Å². The lowest BCUT2D eigenvalue weighted by Gasteiger charge is -2.33. The highest BCUT2D eigenvalue weighted by Gasteiger charge is 2.33. The van der Waals surface area contributed by atoms with Crippen LogP contribution in [0.5, 0.6) is 0 Å². The summed E-state index contributed by atoms with van der Waals surface area (Å²) in [4.78, 5) is 0. The van der Waals surface area contributed by atoms with Crippen LogP contribution in [0.25, 0.3) is 0 Å². The van der Waals surface area contributed by atoms with Gasteiger partial charge >= 0.3 is 0 Å². The number of rotatable bonds is 5. The van der Waals surface area contributed by atoms with Gasteiger partial charge in [0.15, 0.2) is 0 Å². The Morgan fingerprint density at radius 3 is 1.55 bits per heavy atom. The Morgan fingerprint density at radius 1 is 0.850 bits per heavy atom. The van der Waals surface area contributed by atoms with Gasteiger partial charge in [0.1, 0.15) is 5.60 Å². The van der Waals surface area contributed by atoms with E-state index in [1.165, 1.54) is 11.1 Å². The number of benzene rings is 2. The van der Waals surface area contributed by atoms with Gasteiger partial charge in [-0.1, -0.05) is 59.7 Å². The van der Waals surface area contributed by atoms with E-state index in [0.717, 1.165) is 11.1 Å². The molecule has 0 aliphatic rings. The van der Waals surface area contributed by atoms with Gasteiger partial charge in [-0.2, -0.15) is 0 Å². The molecule has 1 nitrogen and oxygen atoms in total. The third kappa shape index (κ3) is 2.75. The molecule has 0 amide bonds. The van der Waals surface area contributed by atoms with Crippen LogP contribution in [0.2, 0.25) is 0 Å². The molecular weight excluding hydrogens is 251 g/mol. The Balaban J connectivity index is 2.54. The maximum atomic E-state index is 13.1. The van der Waals surface area contributed by atoms with Crippen LogP contribution in [0.15, 0.2) is 48.5 Å². The number of halogens is 1. The van der Waals surface area contributed by atoms with Crippen molar-refractivity contribution in [2.45, 2.75) is 25.9 Å². The molecule has 0 N–H and O–H groups in total. The van der Waals surface area contributed by atoms with Crippen LogP contribution in [-0.4, -0.2) is 13.8 Å². The Hall–Kier alpha value is -1.67. The first-order valence-electron chi connectivity index (χ1n) is 6.88. The first-order chi connectivity index (χ1) is 9.62. The molecular formula is C18H21FO. The van der Waals surface area contributed by atoms with Gasteiger partial charge < -0.3 is 4.74 Å². The van der Waals surface area contributed by atoms with Gasteiger partial charge in [0.05, 0.1) is 6.67 Å². The van der Waals surface area contributed by atoms with Crippen LogP contribution >= 0.6 is 0 Å². The van der Waals surface area contributed by atoms with Crippen molar-refractivity contribution in [2.75, 3.05) is 13.8 Å². The van der Waals surface area contributed by atoms with Gasteiger partial charge in [-0.15, -0.1) is 0 Å². The van der Waals surface area contributed by atoms with Crippen molar-refractivity contribution < 1.29 is 9.13 Å². The maximum absolute atomic E-state index is 13.1. The molecule has 106 valence electrons. The molecule has 2 heteroatoms. The van der Waals surface area contributed by atoms with Crippen LogP contribution < -0.4 is 0 Å². The van der Waals surface area contributed by atoms with Gasteiger partial charge in [0, 0.05) is 13.5 Å². The second kappa shape index (κ2) is 6.19. The van der Waals surface area contributed by atoms with Crippen LogP contribution in [-0.2, 0) is 10.3 Å². The second-order valence-corrected chi connectivity index (χ2v) is 5.20. The molecule has 0 radical (unpaired) electrons. The zero-order valence-corrected chi connectivity index (χ0v) is 12.3. The number of hydrogen-bond acceptors (Lipinski definition) is 1. The zero-order chi connectivity index (χ0) is 14.6. The molecule has 0 aliphatic carbocycles. The molecule has 0 bridgehead atoms. The van der Waals surface area contributed by atoms with E-state index in [1.807, 2.05) is 62.4 Å². The van der Waals surface area contributed by atoms with Crippen molar-refractivity contribution in [1.29, 1.82) is 0 Å². The standard InChI is InChI=1S/C18H21FO/c1-14-4-8-16(9-5-14)18(20-3,12-13-19)17-10-6-15(2)7-11-17/h4-11H,12-13H2,1-3H3. The molecule has 0 atom stereocenters. The number of hydrogen-bond donors (Lipinski definition) is 0. The summed E-state index contributed by atoms with van der Waals surface area (Å²) in [5.74, 6) is 0. The van der Waals surface area contributed by atoms with E-state index in [0.29, 0.717) is 6.42 Å². The van der Waals surface area contributed by atoms with Crippen molar-refractivity contribution in [3.05, 3.63) is 70.8 Å². The lowest BCUT2D eigenvalue weighted by atomic mass is 9.83. The minimum atomic E-state index is -0.712. The highest BCUT2D eigenvalue weighted by atomic mass is 19.1. The molecule has 0 aliphatic heterocycles. The number of aryl methyl sites for hydroxylation is 2. The molecule has 0 saturated carbocycles. The molecule has 0 aromatic heterocycles. The Labute approximate surface area is 120 Å². The second-order valence-electron chi connectivity index (χ2n) is 5.20. The predicted molar refractivity (Wildman–Crippen MR) is 80.7 cm³/mol. The summed E-state index contributed by atoms with van der Waals surface area (Å²) < 4.78 is 18.9. The normalized spacial score (nSPS) is 11.6. The fourth-order valence-electron chi connectivity index (χ4n) is 2.57. The first-order valence-corrected chi connectivity index (χ1v) is 6.88. The Bertz CT molecular complexity index is 497. The summed E-state index contributed by atoms with van der Waals surface area (Å²) in [6, 6.07) is 16.2. The van der Waals surface area contributed by atoms with Crippen molar-refractivity contribution in [2.24, 2.45) is 0 Å². The highest BCUT2D eigenvalue weighted by Crippen LogP contribution is 2.36. The molecule has 20 heavy (non-hydrogen) atoms. The lowest BCUT2D eigenvalue weighted by molar-refractivity contribution is 0.00934. The highest BCUT2D eigenvalue weighted by molar-refractivity contribution is 5.38. The monoisotopic (exact) mass is 272 g/mol. The van der Waals surface area contributed by atoms with E-state index in [-0.39, 0.29) is 0 Å². The summed E-state index contributed by atoms with van der Waals surface area (Å²) in [6.07, 6.45) is 0.315. The number of methoxy groups -OCH3 is 1. The predicted octanol–water partition coefficient (Wildman–Crippen LogP) is 4.55. The van der Waals surface area contributed by atoms with E-state index >= 15 is 0 Å². The first kappa shape index (κ1) is 14.7. The van der Waals surface area contributed by atoms with Gasteiger partial charge in [-0.3, -0.25) is 4.39 Å². The number of ether oxygens (including phenoxy) is 1. The average Bonchev–Trinajstić information content (AvgIpc) is 2.47. The topological polar surface area (TPSA) is 9.23 Å². The Kier molecular flexibility index (Phi) is 4.56. The fourth-order valence-corrected chi connectivity index (χ4v) is 2.57. The van der Waals surface area contributed by atoms with Crippen LogP contribution in [0.3, 0.4) is 0 Å². The molecule has 2 rings (SSSR count). The largest absolute Gasteiger partial charge is 0.369 e. The minimum Gasteiger partial charge on any atom is -0.369 e. The van der Waals surface area contributed by atoms with Crippen molar-refractivity contribution >= 4 is 0 Å². The van der Waals surface area contributed by atoms with Gasteiger partial charge in [-0.05, 0) is 25.0 Å². The quantitative estimate of drug-likeness (QED) is 0.775. The van der Waals surface area contributed by atoms with Crippen molar-refractivity contribution in [3.63, 3.8) is 0 Å². The summed E-state index contributed by atoms with van der Waals surface area (Å²) in [7, 11) is 1.65. The smallest absolute Gasteiger partial charge is 0.120 e. The average molecular weight is 272 g/mol. The van der Waals surface area contributed by atoms with E-state index in [4.69, 9.17) is 4.74 Å². The zero-order valence-electron chi connectivity index (χ0n) is 12.3. The minimum absolute atomic E-state index is 0.315. The summed E-state index contributed by atoms with van der Waals surface area (Å²) >= 11 is 0. The van der Waals surface area contributed by atoms with Gasteiger partial charge in [-0.25, -0.2) is 0 Å². The van der Waals surface area contributed by atoms with Gasteiger partial charge in [0.2, 0.25) is 0 Å². The lowest BCUT2D eigenvalue weighted by Crippen LogP contribution is -2.30. The van der Waals surface area contributed by atoms with Crippen molar-refractivity contribution in [3.8, 4) is 0 Å². The van der Waals surface area contributed by atoms with E-state index in [2.05, 4.69) is 0 Å². The maximum Gasteiger partial charge on any atom is 0.120 e. The van der Waals surface area contributed by atoms with E-state index < -0.39 is 12.3 Å². The third-order valence-corrected chi connectivity index (χ3v) is 3.83. The molecule has 0 unspecified atom stereocenters. The molecule has 2 aromatic rings. The SMILES string of the molecule is COC(CCF)(c1ccc(C)cc1)c1ccc(C)cc1. The third-order valence-electron chi connectivity index (χ3n) is 3.83. The summed E-state index contributed by atoms with van der Waals surface area (Å²) in [6.45, 7) is 3.66. The van der Waals surface area contributed by atoms with Crippen LogP contribution in [0.1, 0.15) is 28.7 Å². The van der Waals surface area contributed by atoms with Gasteiger partial charge in [0.25, 0.3) is 0 Å². The molecule has 2 aromatic carbocycles. The van der Waals surface area contributed by atoms with Crippen molar-refractivity contribution in [1.82, 2.24) is 0 Å². The summed E-state index contributed by atoms with van der Waals surface area (Å²) in [5, 5.41) is 0. The van der Waals surface area contributed by atoms with E-state index in [9.17, 15) is 4.39 Å². The molecule has 0 heterocycles. The number of alkyl halides is 1. The Morgan fingerprint density at radius 2 is 1.25 bits per heavy atom. The van der Waals surface area contributed by atoms with Crippen LogP contribution in [0.4, 0.5) is 4.39 Å². The molecule has 0 spiro atoms. The fraction of sp³-hybridized carbons (Fsp3) is 0.333. The molecule has 0 saturated heterocycles. The van der Waals surface area contributed by atoms with E-state index in [1.54, 1.807) is 7.11 Å².